The van der Waals surface area contributed by atoms with Crippen molar-refractivity contribution in [2.45, 2.75) is 44.3 Å². The Labute approximate surface area is 157 Å². The number of likely N-dealkylation sites (N-methyl/N-ethyl adjacent to an activating group) is 1. The van der Waals surface area contributed by atoms with E-state index in [0.717, 1.165) is 38.3 Å². The summed E-state index contributed by atoms with van der Waals surface area (Å²) in [6.45, 7) is 7.46. The maximum absolute atomic E-state index is 12.7. The molecule has 1 aromatic carbocycles. The molecular weight excluding hydrogens is 324 g/mol. The van der Waals surface area contributed by atoms with Crippen LogP contribution in [-0.2, 0) is 6.54 Å². The topological polar surface area (TPSA) is 38.8 Å². The summed E-state index contributed by atoms with van der Waals surface area (Å²) in [6, 6.07) is 9.65. The lowest BCUT2D eigenvalue weighted by Crippen LogP contribution is -2.42. The maximum atomic E-state index is 12.7. The van der Waals surface area contributed by atoms with E-state index in [2.05, 4.69) is 27.2 Å². The van der Waals surface area contributed by atoms with E-state index in [4.69, 9.17) is 0 Å². The minimum absolute atomic E-state index is 0.137. The number of hydrogen-bond acceptors (Lipinski definition) is 4. The van der Waals surface area contributed by atoms with E-state index in [1.165, 1.54) is 44.3 Å². The molecule has 0 saturated carbocycles. The van der Waals surface area contributed by atoms with Crippen molar-refractivity contribution in [3.8, 4) is 0 Å². The molecule has 3 aliphatic rings. The van der Waals surface area contributed by atoms with Crippen molar-refractivity contribution in [2.75, 3.05) is 46.3 Å². The zero-order valence-corrected chi connectivity index (χ0v) is 16.0. The second-order valence-electron chi connectivity index (χ2n) is 8.25. The molecule has 0 aromatic heterocycles. The number of hydrogen-bond donors (Lipinski definition) is 1. The Bertz CT molecular complexity index is 611. The van der Waals surface area contributed by atoms with Crippen LogP contribution in [0.5, 0.6) is 0 Å². The molecule has 26 heavy (non-hydrogen) atoms. The minimum Gasteiger partial charge on any atom is -0.340 e. The summed E-state index contributed by atoms with van der Waals surface area (Å²) in [6.07, 6.45) is 5.24. The van der Waals surface area contributed by atoms with E-state index in [1.54, 1.807) is 0 Å². The number of fused-ring (bicyclic) bond motifs is 2. The molecule has 2 unspecified atom stereocenters. The number of piperidine rings is 1. The van der Waals surface area contributed by atoms with E-state index in [-0.39, 0.29) is 5.91 Å². The number of amides is 1. The largest absolute Gasteiger partial charge is 0.340 e. The third kappa shape index (κ3) is 4.11. The van der Waals surface area contributed by atoms with Crippen LogP contribution in [0, 0.1) is 0 Å². The van der Waals surface area contributed by atoms with Crippen molar-refractivity contribution in [3.63, 3.8) is 0 Å². The Morgan fingerprint density at radius 1 is 1.19 bits per heavy atom. The van der Waals surface area contributed by atoms with Gasteiger partial charge in [-0.2, -0.15) is 0 Å². The Kier molecular flexibility index (Phi) is 5.57. The summed E-state index contributed by atoms with van der Waals surface area (Å²) in [7, 11) is 1.92. The normalized spacial score (nSPS) is 26.3. The molecule has 5 heteroatoms. The number of benzene rings is 1. The first-order chi connectivity index (χ1) is 12.7. The molecular formula is C21H32N4O. The van der Waals surface area contributed by atoms with E-state index in [0.29, 0.717) is 12.1 Å². The Hall–Kier alpha value is -1.43. The van der Waals surface area contributed by atoms with Gasteiger partial charge in [0.2, 0.25) is 0 Å². The second-order valence-corrected chi connectivity index (χ2v) is 8.25. The number of nitrogens with one attached hydrogen (secondary N) is 1. The molecule has 1 N–H and O–H groups in total. The maximum Gasteiger partial charge on any atom is 0.253 e. The first-order valence-corrected chi connectivity index (χ1v) is 10.2. The van der Waals surface area contributed by atoms with Crippen LogP contribution in [0.4, 0.5) is 0 Å². The average Bonchev–Trinajstić information content (AvgIpc) is 3.30. The van der Waals surface area contributed by atoms with Gasteiger partial charge in [-0.25, -0.2) is 0 Å². The van der Waals surface area contributed by atoms with Gasteiger partial charge in [0.1, 0.15) is 0 Å². The molecule has 4 rings (SSSR count). The summed E-state index contributed by atoms with van der Waals surface area (Å²) in [5.41, 5.74) is 2.12. The fourth-order valence-electron chi connectivity index (χ4n) is 4.62. The zero-order valence-electron chi connectivity index (χ0n) is 16.0. The van der Waals surface area contributed by atoms with E-state index < -0.39 is 0 Å². The van der Waals surface area contributed by atoms with Gasteiger partial charge in [0.15, 0.2) is 0 Å². The van der Waals surface area contributed by atoms with E-state index in [1.807, 2.05) is 24.1 Å². The highest BCUT2D eigenvalue weighted by molar-refractivity contribution is 5.94. The molecule has 3 saturated heterocycles. The third-order valence-corrected chi connectivity index (χ3v) is 6.30. The van der Waals surface area contributed by atoms with Gasteiger partial charge >= 0.3 is 0 Å². The van der Waals surface area contributed by atoms with Crippen molar-refractivity contribution in [1.82, 2.24) is 20.0 Å². The average molecular weight is 357 g/mol. The fourth-order valence-corrected chi connectivity index (χ4v) is 4.62. The van der Waals surface area contributed by atoms with Gasteiger partial charge in [0.05, 0.1) is 0 Å². The number of piperazine rings is 1. The van der Waals surface area contributed by atoms with Gasteiger partial charge in [-0.05, 0) is 50.0 Å². The highest BCUT2D eigenvalue weighted by Gasteiger charge is 2.37. The molecule has 2 atom stereocenters. The minimum atomic E-state index is 0.137. The lowest BCUT2D eigenvalue weighted by atomic mass is 10.1. The van der Waals surface area contributed by atoms with Gasteiger partial charge in [0.25, 0.3) is 5.91 Å². The molecule has 142 valence electrons. The molecule has 0 radical (unpaired) electrons. The monoisotopic (exact) mass is 356 g/mol. The molecule has 1 aromatic rings. The highest BCUT2D eigenvalue weighted by Crippen LogP contribution is 2.25. The smallest absolute Gasteiger partial charge is 0.253 e. The van der Waals surface area contributed by atoms with Crippen molar-refractivity contribution < 1.29 is 4.79 Å². The Balaban J connectivity index is 1.27. The second kappa shape index (κ2) is 8.07. The standard InChI is InChI=1S/C21H32N4O/c1-23(11-12-24-9-3-2-4-10-24)21(26)18-7-5-17(6-8-18)15-25-16-19-13-20(25)14-22-19/h5-8,19-20,22H,2-4,9-16H2,1H3. The summed E-state index contributed by atoms with van der Waals surface area (Å²) in [5.74, 6) is 0.137. The van der Waals surface area contributed by atoms with Gasteiger partial charge < -0.3 is 15.1 Å². The quantitative estimate of drug-likeness (QED) is 0.844. The molecule has 3 heterocycles. The summed E-state index contributed by atoms with van der Waals surface area (Å²) < 4.78 is 0. The molecule has 2 bridgehead atoms. The van der Waals surface area contributed by atoms with E-state index in [9.17, 15) is 4.79 Å². The zero-order chi connectivity index (χ0) is 17.9. The SMILES string of the molecule is CN(CCN1CCCCC1)C(=O)c1ccc(CN2CC3CC2CN3)cc1. The number of rotatable bonds is 6. The van der Waals surface area contributed by atoms with Crippen LogP contribution >= 0.6 is 0 Å². The van der Waals surface area contributed by atoms with Gasteiger partial charge in [-0.1, -0.05) is 18.6 Å². The van der Waals surface area contributed by atoms with Gasteiger partial charge in [0, 0.05) is 57.4 Å². The predicted octanol–water partition coefficient (Wildman–Crippen LogP) is 1.79. The van der Waals surface area contributed by atoms with Gasteiger partial charge in [-0.3, -0.25) is 9.69 Å². The third-order valence-electron chi connectivity index (χ3n) is 6.30. The first-order valence-electron chi connectivity index (χ1n) is 10.2. The highest BCUT2D eigenvalue weighted by atomic mass is 16.2. The van der Waals surface area contributed by atoms with Crippen LogP contribution < -0.4 is 5.32 Å². The summed E-state index contributed by atoms with van der Waals surface area (Å²) in [5, 5.41) is 3.55. The molecule has 5 nitrogen and oxygen atoms in total. The van der Waals surface area contributed by atoms with Crippen LogP contribution in [0.1, 0.15) is 41.6 Å². The van der Waals surface area contributed by atoms with Crippen LogP contribution in [-0.4, -0.2) is 79.0 Å². The van der Waals surface area contributed by atoms with Crippen LogP contribution in [0.2, 0.25) is 0 Å². The molecule has 3 aliphatic heterocycles. The number of likely N-dealkylation sites (tertiary alicyclic amines) is 2. The predicted molar refractivity (Wildman–Crippen MR) is 104 cm³/mol. The van der Waals surface area contributed by atoms with Crippen molar-refractivity contribution in [1.29, 1.82) is 0 Å². The molecule has 1 amide bonds. The fraction of sp³-hybridized carbons (Fsp3) is 0.667. The van der Waals surface area contributed by atoms with E-state index >= 15 is 0 Å². The summed E-state index contributed by atoms with van der Waals surface area (Å²) >= 11 is 0. The van der Waals surface area contributed by atoms with Crippen LogP contribution in [0.25, 0.3) is 0 Å². The van der Waals surface area contributed by atoms with Crippen molar-refractivity contribution in [2.24, 2.45) is 0 Å². The van der Waals surface area contributed by atoms with Crippen LogP contribution in [0.3, 0.4) is 0 Å². The van der Waals surface area contributed by atoms with Crippen molar-refractivity contribution >= 4 is 5.91 Å². The number of carbonyl (C=O) groups excluding carboxylic acids is 1. The Morgan fingerprint density at radius 3 is 2.62 bits per heavy atom. The number of carbonyl (C=O) groups is 1. The molecule has 0 spiro atoms. The lowest BCUT2D eigenvalue weighted by molar-refractivity contribution is 0.0773. The summed E-state index contributed by atoms with van der Waals surface area (Å²) in [4.78, 5) is 19.6. The van der Waals surface area contributed by atoms with Crippen molar-refractivity contribution in [3.05, 3.63) is 35.4 Å². The molecule has 0 aliphatic carbocycles. The first kappa shape index (κ1) is 18.0. The van der Waals surface area contributed by atoms with Gasteiger partial charge in [-0.15, -0.1) is 0 Å². The Morgan fingerprint density at radius 2 is 1.96 bits per heavy atom. The number of nitrogens with zero attached hydrogens (tertiary/aromatic N) is 3. The van der Waals surface area contributed by atoms with Crippen LogP contribution in [0.15, 0.2) is 24.3 Å². The lowest BCUT2D eigenvalue weighted by Gasteiger charge is -2.28. The molecule has 3 fully saturated rings.